The SMILES string of the molecule is CC1(C)CCC(CN2CCN(c3ccc(C(=O)CS(=O)(=O)c4ccc(OCCN5CC6(COC6)C5)c([N+](=O)[O-])c4)c(Oc4cnc5[nH]ccc5c4)c3)CC2)=C(C23CC(Cl)(C2)C3)C1. The summed E-state index contributed by atoms with van der Waals surface area (Å²) in [4.78, 5) is 39.7. The van der Waals surface area contributed by atoms with Crippen LogP contribution in [0.15, 0.2) is 77.0 Å². The molecule has 3 saturated carbocycles. The molecule has 5 heterocycles. The highest BCUT2D eigenvalue weighted by atomic mass is 35.5. The molecule has 0 unspecified atom stereocenters. The zero-order valence-electron chi connectivity index (χ0n) is 35.3. The second kappa shape index (κ2) is 15.3. The highest BCUT2D eigenvalue weighted by molar-refractivity contribution is 7.92. The van der Waals surface area contributed by atoms with Crippen LogP contribution in [0.3, 0.4) is 0 Å². The van der Waals surface area contributed by atoms with Crippen LogP contribution in [0.25, 0.3) is 11.0 Å². The van der Waals surface area contributed by atoms with Gasteiger partial charge in [0.05, 0.1) is 34.8 Å². The summed E-state index contributed by atoms with van der Waals surface area (Å²) in [6.07, 6.45) is 10.2. The van der Waals surface area contributed by atoms with Crippen LogP contribution < -0.4 is 14.4 Å². The number of rotatable bonds is 15. The maximum absolute atomic E-state index is 14.0. The number of halogens is 1. The highest BCUT2D eigenvalue weighted by Gasteiger charge is 2.69. The molecule has 2 aromatic heterocycles. The first-order chi connectivity index (χ1) is 29.6. The van der Waals surface area contributed by atoms with E-state index in [2.05, 4.69) is 38.5 Å². The minimum Gasteiger partial charge on any atom is -0.485 e. The number of ketones is 1. The van der Waals surface area contributed by atoms with Gasteiger partial charge in [-0.25, -0.2) is 13.4 Å². The number of aromatic nitrogens is 2. The number of nitrogens with one attached hydrogen (secondary N) is 1. The topological polar surface area (TPSA) is 160 Å². The molecule has 1 spiro atoms. The number of likely N-dealkylation sites (tertiary alicyclic amines) is 1. The maximum Gasteiger partial charge on any atom is 0.312 e. The Morgan fingerprint density at radius 3 is 2.48 bits per heavy atom. The molecule has 2 bridgehead atoms. The van der Waals surface area contributed by atoms with Gasteiger partial charge in [-0.1, -0.05) is 25.0 Å². The zero-order valence-corrected chi connectivity index (χ0v) is 36.9. The van der Waals surface area contributed by atoms with E-state index in [1.807, 2.05) is 12.1 Å². The molecule has 4 aromatic rings. The highest BCUT2D eigenvalue weighted by Crippen LogP contribution is 2.75. The first-order valence-electron chi connectivity index (χ1n) is 21.7. The third kappa shape index (κ3) is 7.88. The summed E-state index contributed by atoms with van der Waals surface area (Å²) in [5.41, 5.74) is 5.31. The second-order valence-corrected chi connectivity index (χ2v) is 22.4. The lowest BCUT2D eigenvalue weighted by Crippen LogP contribution is -2.66. The van der Waals surface area contributed by atoms with Crippen LogP contribution in [-0.4, -0.2) is 122 Å². The molecule has 0 amide bonds. The lowest BCUT2D eigenvalue weighted by atomic mass is 9.39. The van der Waals surface area contributed by atoms with E-state index >= 15 is 0 Å². The van der Waals surface area contributed by atoms with E-state index in [9.17, 15) is 23.3 Å². The number of hydrogen-bond donors (Lipinski definition) is 1. The summed E-state index contributed by atoms with van der Waals surface area (Å²) < 4.78 is 45.0. The normalized spacial score (nSPS) is 25.4. The van der Waals surface area contributed by atoms with Crippen molar-refractivity contribution in [3.63, 3.8) is 0 Å². The predicted molar refractivity (Wildman–Crippen MR) is 235 cm³/mol. The van der Waals surface area contributed by atoms with Gasteiger partial charge in [0.25, 0.3) is 0 Å². The van der Waals surface area contributed by atoms with E-state index in [-0.39, 0.29) is 38.9 Å². The standard InChI is InChI=1S/C46H53ClN6O8S/c1-43(2)9-7-32(37(20-43)45-24-46(47,25-45)26-45)22-50-11-13-52(14-12-50)33-3-5-36(41(18-33)61-34-17-31-8-10-48-42(31)49-21-34)39(54)23-62(57,58)35-4-6-40(38(19-35)53(55)56)60-16-15-51-27-44(28-51)29-59-30-44/h3-6,8,10,17-19,21H,7,9,11-16,20,22-30H2,1-2H3,(H,48,49). The number of benzene rings is 2. The van der Waals surface area contributed by atoms with Crippen LogP contribution in [0.1, 0.15) is 62.7 Å². The van der Waals surface area contributed by atoms with Crippen LogP contribution in [0.5, 0.6) is 17.2 Å². The smallest absolute Gasteiger partial charge is 0.312 e. The number of allylic oxidation sites excluding steroid dienone is 1. The number of sulfone groups is 1. The van der Waals surface area contributed by atoms with Gasteiger partial charge in [-0.3, -0.25) is 24.7 Å². The molecule has 328 valence electrons. The van der Waals surface area contributed by atoms with Gasteiger partial charge in [0.1, 0.15) is 29.5 Å². The number of piperazine rings is 1. The number of aromatic amines is 1. The molecule has 2 aromatic carbocycles. The molecule has 16 heteroatoms. The van der Waals surface area contributed by atoms with Gasteiger partial charge >= 0.3 is 5.69 Å². The van der Waals surface area contributed by atoms with Gasteiger partial charge < -0.3 is 24.1 Å². The number of nitro groups is 1. The van der Waals surface area contributed by atoms with Crippen molar-refractivity contribution in [1.82, 2.24) is 19.8 Å². The van der Waals surface area contributed by atoms with Crippen molar-refractivity contribution in [2.24, 2.45) is 16.2 Å². The Hall–Kier alpha value is -4.54. The molecule has 0 radical (unpaired) electrons. The maximum atomic E-state index is 14.0. The van der Waals surface area contributed by atoms with Crippen LogP contribution in [0.2, 0.25) is 0 Å². The van der Waals surface area contributed by atoms with Crippen molar-refractivity contribution in [3.8, 4) is 17.2 Å². The van der Waals surface area contributed by atoms with E-state index in [0.717, 1.165) is 108 Å². The number of Topliss-reactive ketones (excluding diaryl/α,β-unsaturated/α-hetero) is 1. The minimum atomic E-state index is -4.32. The summed E-state index contributed by atoms with van der Waals surface area (Å²) in [7, 11) is -4.32. The van der Waals surface area contributed by atoms with Gasteiger partial charge in [-0.15, -0.1) is 11.6 Å². The molecule has 62 heavy (non-hydrogen) atoms. The molecule has 14 nitrogen and oxygen atoms in total. The quantitative estimate of drug-likeness (QED) is 0.0415. The number of anilines is 1. The number of ether oxygens (including phenoxy) is 3. The number of nitro benzene ring substituents is 1. The minimum absolute atomic E-state index is 0.0306. The number of carbonyl (C=O) groups excluding carboxylic acids is 1. The van der Waals surface area contributed by atoms with E-state index in [1.165, 1.54) is 18.6 Å². The average Bonchev–Trinajstić information content (AvgIpc) is 3.65. The summed E-state index contributed by atoms with van der Waals surface area (Å²) in [5.74, 6) is -1.07. The third-order valence-corrected chi connectivity index (χ3v) is 16.2. The molecular weight excluding hydrogens is 832 g/mol. The van der Waals surface area contributed by atoms with Gasteiger partial charge in [0.15, 0.2) is 21.4 Å². The van der Waals surface area contributed by atoms with Crippen molar-refractivity contribution in [2.75, 3.05) is 82.8 Å². The second-order valence-electron chi connectivity index (χ2n) is 19.6. The number of fused-ring (bicyclic) bond motifs is 1. The molecule has 6 fully saturated rings. The summed E-state index contributed by atoms with van der Waals surface area (Å²) in [6, 6.07) is 12.4. The Bertz CT molecular complexity index is 2570. The average molecular weight is 885 g/mol. The van der Waals surface area contributed by atoms with Crippen LogP contribution in [0, 0.1) is 26.4 Å². The Kier molecular flexibility index (Phi) is 10.2. The number of alkyl halides is 1. The summed E-state index contributed by atoms with van der Waals surface area (Å²) in [6.45, 7) is 13.2. The molecule has 7 aliphatic rings. The van der Waals surface area contributed by atoms with E-state index in [0.29, 0.717) is 28.8 Å². The fraction of sp³-hybridized carbons (Fsp3) is 0.522. The fourth-order valence-corrected chi connectivity index (χ4v) is 12.8. The first kappa shape index (κ1) is 41.5. The number of H-pyrrole nitrogens is 1. The number of hydrogen-bond acceptors (Lipinski definition) is 12. The van der Waals surface area contributed by atoms with Gasteiger partial charge in [-0.05, 0) is 85.8 Å². The summed E-state index contributed by atoms with van der Waals surface area (Å²) >= 11 is 6.75. The van der Waals surface area contributed by atoms with Gasteiger partial charge in [0, 0.05) is 92.1 Å². The largest absolute Gasteiger partial charge is 0.485 e. The van der Waals surface area contributed by atoms with Crippen molar-refractivity contribution in [3.05, 3.63) is 87.7 Å². The third-order valence-electron chi connectivity index (χ3n) is 14.2. The van der Waals surface area contributed by atoms with E-state index < -0.39 is 32.0 Å². The van der Waals surface area contributed by atoms with Crippen molar-refractivity contribution in [2.45, 2.75) is 62.1 Å². The number of nitrogens with zero attached hydrogens (tertiary/aromatic N) is 5. The first-order valence-corrected chi connectivity index (χ1v) is 23.7. The van der Waals surface area contributed by atoms with Crippen LogP contribution >= 0.6 is 11.6 Å². The summed E-state index contributed by atoms with van der Waals surface area (Å²) in [5, 5.41) is 12.9. The lowest BCUT2D eigenvalue weighted by Gasteiger charge is -2.70. The van der Waals surface area contributed by atoms with Crippen LogP contribution in [0.4, 0.5) is 11.4 Å². The Balaban J connectivity index is 0.840. The number of pyridine rings is 1. The molecule has 3 saturated heterocycles. The van der Waals surface area contributed by atoms with E-state index in [4.69, 9.17) is 25.8 Å². The van der Waals surface area contributed by atoms with Crippen molar-refractivity contribution in [1.29, 1.82) is 0 Å². The molecular formula is C46H53ClN6O8S. The van der Waals surface area contributed by atoms with Crippen molar-refractivity contribution < 1.29 is 32.3 Å². The monoisotopic (exact) mass is 884 g/mol. The lowest BCUT2D eigenvalue weighted by molar-refractivity contribution is -0.386. The molecule has 11 rings (SSSR count). The molecule has 0 atom stereocenters. The fourth-order valence-electron chi connectivity index (χ4n) is 10.8. The van der Waals surface area contributed by atoms with Gasteiger partial charge in [0.2, 0.25) is 0 Å². The van der Waals surface area contributed by atoms with Gasteiger partial charge in [-0.2, -0.15) is 0 Å². The Morgan fingerprint density at radius 1 is 1.00 bits per heavy atom. The number of carbonyl (C=O) groups is 1. The van der Waals surface area contributed by atoms with E-state index in [1.54, 1.807) is 41.7 Å². The molecule has 1 N–H and O–H groups in total. The molecule has 3 aliphatic heterocycles. The van der Waals surface area contributed by atoms with Crippen LogP contribution in [-0.2, 0) is 14.6 Å². The predicted octanol–water partition coefficient (Wildman–Crippen LogP) is 7.42. The van der Waals surface area contributed by atoms with Crippen molar-refractivity contribution >= 4 is 49.6 Å². The Labute approximate surface area is 366 Å². The molecule has 4 aliphatic carbocycles. The Morgan fingerprint density at radius 2 is 1.77 bits per heavy atom. The zero-order chi connectivity index (χ0) is 43.1.